The molecular weight excluding hydrogens is 314 g/mol. The summed E-state index contributed by atoms with van der Waals surface area (Å²) in [4.78, 5) is 12.7. The average molecular weight is 337 g/mol. The Labute approximate surface area is 158 Å². The van der Waals surface area contributed by atoms with Crippen molar-refractivity contribution < 1.29 is 33.1 Å². The van der Waals surface area contributed by atoms with Gasteiger partial charge in [0.1, 0.15) is 11.5 Å². The summed E-state index contributed by atoms with van der Waals surface area (Å²) in [6.07, 6.45) is 0. The number of carbonyl (C=O) groups excluding carboxylic acids is 1. The van der Waals surface area contributed by atoms with Gasteiger partial charge in [-0.15, -0.1) is 0 Å². The van der Waals surface area contributed by atoms with Crippen molar-refractivity contribution in [1.82, 2.24) is 0 Å². The van der Waals surface area contributed by atoms with Gasteiger partial charge in [0.15, 0.2) is 5.52 Å². The topological polar surface area (TPSA) is 35.5 Å². The van der Waals surface area contributed by atoms with E-state index in [1.54, 1.807) is 0 Å². The molecular formula is C19H23LiO3P+. The molecule has 0 amide bonds. The number of hydrogen-bond donors (Lipinski definition) is 0. The van der Waals surface area contributed by atoms with Gasteiger partial charge in [-0.1, -0.05) is 18.2 Å². The van der Waals surface area contributed by atoms with Gasteiger partial charge in [-0.3, -0.25) is 4.79 Å². The van der Waals surface area contributed by atoms with Crippen LogP contribution in [0.4, 0.5) is 0 Å². The van der Waals surface area contributed by atoms with Gasteiger partial charge in [0.25, 0.3) is 0 Å². The molecule has 0 aromatic heterocycles. The summed E-state index contributed by atoms with van der Waals surface area (Å²) in [6, 6.07) is 11.6. The predicted molar refractivity (Wildman–Crippen MR) is 97.0 cm³/mol. The average Bonchev–Trinajstić information content (AvgIpc) is 2.50. The van der Waals surface area contributed by atoms with E-state index in [1.807, 2.05) is 64.1 Å². The zero-order chi connectivity index (χ0) is 16.8. The summed E-state index contributed by atoms with van der Waals surface area (Å²) in [5.74, 6) is 1.50. The van der Waals surface area contributed by atoms with Crippen LogP contribution >= 0.6 is 8.58 Å². The van der Waals surface area contributed by atoms with Gasteiger partial charge in [0, 0.05) is 16.9 Å². The van der Waals surface area contributed by atoms with Crippen LogP contribution in [0.1, 0.15) is 35.3 Å². The first-order valence-electron chi connectivity index (χ1n) is 7.84. The molecule has 0 fully saturated rings. The molecule has 2 aromatic rings. The molecule has 0 aliphatic heterocycles. The minimum absolute atomic E-state index is 0. The third-order valence-corrected chi connectivity index (χ3v) is 4.68. The number of carbonyl (C=O) groups is 1. The summed E-state index contributed by atoms with van der Waals surface area (Å²) in [5, 5.41) is 0.919. The van der Waals surface area contributed by atoms with Crippen LogP contribution in [0.25, 0.3) is 0 Å². The van der Waals surface area contributed by atoms with Gasteiger partial charge in [0.05, 0.1) is 13.2 Å². The molecule has 0 saturated carbocycles. The van der Waals surface area contributed by atoms with Crippen molar-refractivity contribution in [2.75, 3.05) is 13.2 Å². The third kappa shape index (κ3) is 5.12. The van der Waals surface area contributed by atoms with Crippen LogP contribution in [0.15, 0.2) is 36.4 Å². The van der Waals surface area contributed by atoms with Crippen LogP contribution in [0.2, 0.25) is 0 Å². The van der Waals surface area contributed by atoms with Crippen molar-refractivity contribution in [2.24, 2.45) is 0 Å². The van der Waals surface area contributed by atoms with E-state index in [2.05, 4.69) is 0 Å². The first kappa shape index (κ1) is 20.8. The van der Waals surface area contributed by atoms with E-state index in [4.69, 9.17) is 9.47 Å². The molecule has 122 valence electrons. The summed E-state index contributed by atoms with van der Waals surface area (Å²) < 4.78 is 11.2. The Hall–Kier alpha value is -1.26. The van der Waals surface area contributed by atoms with E-state index in [-0.39, 0.29) is 33.0 Å². The summed E-state index contributed by atoms with van der Waals surface area (Å²) >= 11 is 0. The third-order valence-electron chi connectivity index (χ3n) is 3.52. The van der Waals surface area contributed by atoms with Crippen molar-refractivity contribution in [2.45, 2.75) is 27.7 Å². The van der Waals surface area contributed by atoms with Crippen LogP contribution in [0, 0.1) is 13.8 Å². The van der Waals surface area contributed by atoms with Crippen molar-refractivity contribution in [3.05, 3.63) is 53.1 Å². The zero-order valence-electron chi connectivity index (χ0n) is 15.1. The summed E-state index contributed by atoms with van der Waals surface area (Å²) in [5.41, 5.74) is 3.01. The maximum absolute atomic E-state index is 12.7. The van der Waals surface area contributed by atoms with E-state index in [1.165, 1.54) is 0 Å². The first-order valence-corrected chi connectivity index (χ1v) is 8.84. The predicted octanol–water partition coefficient (Wildman–Crippen LogP) is 1.25. The van der Waals surface area contributed by atoms with E-state index < -0.39 is 0 Å². The Morgan fingerprint density at radius 3 is 2.21 bits per heavy atom. The van der Waals surface area contributed by atoms with Gasteiger partial charge < -0.3 is 9.47 Å². The smallest absolute Gasteiger partial charge is 0.494 e. The molecule has 0 radical (unpaired) electrons. The van der Waals surface area contributed by atoms with Crippen molar-refractivity contribution in [3.8, 4) is 11.5 Å². The second kappa shape index (κ2) is 9.89. The maximum Gasteiger partial charge on any atom is 1.00 e. The SMILES string of the molecule is CCOc1ccc(PC(=O)c2c(C)cccc2C)c(OCC)c1.[Li+]. The van der Waals surface area contributed by atoms with Crippen molar-refractivity contribution in [1.29, 1.82) is 0 Å². The molecule has 0 heterocycles. The molecule has 0 bridgehead atoms. The van der Waals surface area contributed by atoms with Crippen LogP contribution < -0.4 is 33.6 Å². The van der Waals surface area contributed by atoms with Gasteiger partial charge in [-0.25, -0.2) is 0 Å². The summed E-state index contributed by atoms with van der Waals surface area (Å²) in [7, 11) is 0.0361. The molecule has 0 spiro atoms. The molecule has 0 aliphatic carbocycles. The van der Waals surface area contributed by atoms with Crippen molar-refractivity contribution in [3.63, 3.8) is 0 Å². The monoisotopic (exact) mass is 337 g/mol. The quantitative estimate of drug-likeness (QED) is 0.564. The van der Waals surface area contributed by atoms with Crippen LogP contribution in [0.5, 0.6) is 11.5 Å². The second-order valence-corrected chi connectivity index (χ2v) is 6.49. The minimum atomic E-state index is 0. The van der Waals surface area contributed by atoms with Gasteiger partial charge >= 0.3 is 18.9 Å². The van der Waals surface area contributed by atoms with E-state index in [0.717, 1.165) is 33.5 Å². The number of hydrogen-bond acceptors (Lipinski definition) is 3. The molecule has 5 heteroatoms. The van der Waals surface area contributed by atoms with E-state index in [9.17, 15) is 4.79 Å². The van der Waals surface area contributed by atoms with Gasteiger partial charge in [-0.05, 0) is 59.5 Å². The van der Waals surface area contributed by atoms with Crippen LogP contribution in [-0.4, -0.2) is 18.7 Å². The fourth-order valence-electron chi connectivity index (χ4n) is 2.49. The molecule has 2 rings (SSSR count). The van der Waals surface area contributed by atoms with Gasteiger partial charge in [0.2, 0.25) is 0 Å². The molecule has 24 heavy (non-hydrogen) atoms. The molecule has 1 unspecified atom stereocenters. The van der Waals surface area contributed by atoms with E-state index in [0.29, 0.717) is 13.2 Å². The zero-order valence-corrected chi connectivity index (χ0v) is 16.1. The number of aryl methyl sites for hydroxylation is 2. The summed E-state index contributed by atoms with van der Waals surface area (Å²) in [6.45, 7) is 9.01. The Bertz CT molecular complexity index is 681. The van der Waals surface area contributed by atoms with Crippen LogP contribution in [0.3, 0.4) is 0 Å². The Balaban J connectivity index is 0.00000288. The molecule has 0 N–H and O–H groups in total. The maximum atomic E-state index is 12.7. The Kier molecular flexibility index (Phi) is 8.57. The standard InChI is InChI=1S/C19H23O3P.Li/c1-5-21-15-10-11-17(16(12-15)22-6-2)23-19(20)18-13(3)8-7-9-14(18)4;/h7-12,23H,5-6H2,1-4H3;/q;+1. The molecule has 0 saturated heterocycles. The van der Waals surface area contributed by atoms with Crippen LogP contribution in [-0.2, 0) is 0 Å². The normalized spacial score (nSPS) is 10.5. The largest absolute Gasteiger partial charge is 1.00 e. The minimum Gasteiger partial charge on any atom is -0.494 e. The molecule has 1 atom stereocenters. The molecule has 2 aromatic carbocycles. The molecule has 3 nitrogen and oxygen atoms in total. The Morgan fingerprint density at radius 2 is 1.62 bits per heavy atom. The molecule has 0 aliphatic rings. The fraction of sp³-hybridized carbons (Fsp3) is 0.316. The number of ether oxygens (including phenoxy) is 2. The number of benzene rings is 2. The fourth-order valence-corrected chi connectivity index (χ4v) is 3.69. The van der Waals surface area contributed by atoms with Crippen molar-refractivity contribution >= 4 is 19.4 Å². The second-order valence-electron chi connectivity index (χ2n) is 5.24. The first-order chi connectivity index (χ1) is 11.1. The Morgan fingerprint density at radius 1 is 1.00 bits per heavy atom. The van der Waals surface area contributed by atoms with Gasteiger partial charge in [-0.2, -0.15) is 0 Å². The number of rotatable bonds is 7. The van der Waals surface area contributed by atoms with E-state index >= 15 is 0 Å².